The lowest BCUT2D eigenvalue weighted by Gasteiger charge is -2.03. The number of nitrogens with zero attached hydrogens (tertiary/aromatic N) is 1. The van der Waals surface area contributed by atoms with Gasteiger partial charge in [0.15, 0.2) is 0 Å². The Bertz CT molecular complexity index is 603. The van der Waals surface area contributed by atoms with Crippen LogP contribution in [0.3, 0.4) is 0 Å². The van der Waals surface area contributed by atoms with Gasteiger partial charge in [0.2, 0.25) is 0 Å². The van der Waals surface area contributed by atoms with E-state index >= 15 is 0 Å². The van der Waals surface area contributed by atoms with Gasteiger partial charge in [-0.15, -0.1) is 0 Å². The van der Waals surface area contributed by atoms with E-state index in [0.717, 1.165) is 12.1 Å². The summed E-state index contributed by atoms with van der Waals surface area (Å²) in [6.45, 7) is 1.59. The lowest BCUT2D eigenvalue weighted by atomic mass is 10.1. The monoisotopic (exact) mass is 233 g/mol. The van der Waals surface area contributed by atoms with Crippen LogP contribution in [-0.2, 0) is 0 Å². The van der Waals surface area contributed by atoms with Crippen LogP contribution in [0, 0.1) is 29.9 Å². The van der Waals surface area contributed by atoms with E-state index in [-0.39, 0.29) is 22.6 Å². The standard InChI is InChI=1S/C12H9F2N3/c1-6-7(5-15)12(16)17-11(6)10-8(13)3-2-4-9(10)14/h2-4,17H,16H2,1H3. The zero-order valence-corrected chi connectivity index (χ0v) is 9.01. The van der Waals surface area contributed by atoms with Crippen LogP contribution < -0.4 is 5.73 Å². The zero-order valence-electron chi connectivity index (χ0n) is 9.01. The molecule has 0 aliphatic rings. The molecule has 0 radical (unpaired) electrons. The number of benzene rings is 1. The minimum absolute atomic E-state index is 0.114. The summed E-state index contributed by atoms with van der Waals surface area (Å²) in [7, 11) is 0. The molecule has 2 rings (SSSR count). The third-order valence-electron chi connectivity index (χ3n) is 2.60. The highest BCUT2D eigenvalue weighted by Gasteiger charge is 2.19. The van der Waals surface area contributed by atoms with Crippen molar-refractivity contribution < 1.29 is 8.78 Å². The molecular weight excluding hydrogens is 224 g/mol. The molecule has 1 heterocycles. The summed E-state index contributed by atoms with van der Waals surface area (Å²) in [5.74, 6) is -1.28. The minimum atomic E-state index is -0.696. The predicted octanol–water partition coefficient (Wildman–Crippen LogP) is 2.72. The second kappa shape index (κ2) is 3.91. The molecule has 0 fully saturated rings. The Labute approximate surface area is 96.5 Å². The van der Waals surface area contributed by atoms with Crippen molar-refractivity contribution in [3.8, 4) is 17.3 Å². The normalized spacial score (nSPS) is 10.2. The average Bonchev–Trinajstić information content (AvgIpc) is 2.54. The first kappa shape index (κ1) is 11.1. The van der Waals surface area contributed by atoms with Gasteiger partial charge >= 0.3 is 0 Å². The molecule has 0 spiro atoms. The third-order valence-corrected chi connectivity index (χ3v) is 2.60. The zero-order chi connectivity index (χ0) is 12.6. The summed E-state index contributed by atoms with van der Waals surface area (Å²) < 4.78 is 27.2. The minimum Gasteiger partial charge on any atom is -0.384 e. The van der Waals surface area contributed by atoms with Gasteiger partial charge in [0.05, 0.1) is 16.8 Å². The van der Waals surface area contributed by atoms with Crippen LogP contribution in [0.15, 0.2) is 18.2 Å². The van der Waals surface area contributed by atoms with Crippen LogP contribution in [0.1, 0.15) is 11.1 Å². The first-order valence-electron chi connectivity index (χ1n) is 4.88. The molecule has 0 amide bonds. The van der Waals surface area contributed by atoms with E-state index in [1.54, 1.807) is 6.92 Å². The van der Waals surface area contributed by atoms with Crippen molar-refractivity contribution in [3.63, 3.8) is 0 Å². The highest BCUT2D eigenvalue weighted by atomic mass is 19.1. The first-order valence-corrected chi connectivity index (χ1v) is 4.88. The van der Waals surface area contributed by atoms with Crippen molar-refractivity contribution in [3.05, 3.63) is 41.0 Å². The highest BCUT2D eigenvalue weighted by molar-refractivity contribution is 5.73. The van der Waals surface area contributed by atoms with E-state index in [9.17, 15) is 8.78 Å². The highest BCUT2D eigenvalue weighted by Crippen LogP contribution is 2.31. The fourth-order valence-corrected chi connectivity index (χ4v) is 1.75. The Balaban J connectivity index is 2.75. The van der Waals surface area contributed by atoms with Crippen LogP contribution in [0.25, 0.3) is 11.3 Å². The molecule has 5 heteroatoms. The van der Waals surface area contributed by atoms with Crippen molar-refractivity contribution in [2.24, 2.45) is 0 Å². The van der Waals surface area contributed by atoms with E-state index in [1.165, 1.54) is 6.07 Å². The van der Waals surface area contributed by atoms with Crippen molar-refractivity contribution in [2.75, 3.05) is 5.73 Å². The van der Waals surface area contributed by atoms with Crippen molar-refractivity contribution in [1.29, 1.82) is 5.26 Å². The van der Waals surface area contributed by atoms with E-state index in [0.29, 0.717) is 5.56 Å². The largest absolute Gasteiger partial charge is 0.384 e. The summed E-state index contributed by atoms with van der Waals surface area (Å²) in [5, 5.41) is 8.86. The summed E-state index contributed by atoms with van der Waals surface area (Å²) >= 11 is 0. The van der Waals surface area contributed by atoms with Gasteiger partial charge in [0.25, 0.3) is 0 Å². The molecule has 1 aromatic carbocycles. The molecule has 0 bridgehead atoms. The molecule has 2 aromatic rings. The number of aromatic nitrogens is 1. The number of nitrogen functional groups attached to an aromatic ring is 1. The topological polar surface area (TPSA) is 65.6 Å². The van der Waals surface area contributed by atoms with Crippen LogP contribution in [0.2, 0.25) is 0 Å². The number of aromatic amines is 1. The number of anilines is 1. The maximum atomic E-state index is 13.6. The van der Waals surface area contributed by atoms with E-state index in [2.05, 4.69) is 4.98 Å². The summed E-state index contributed by atoms with van der Waals surface area (Å²) in [5.41, 5.74) is 6.22. The molecule has 1 aromatic heterocycles. The van der Waals surface area contributed by atoms with Crippen LogP contribution >= 0.6 is 0 Å². The maximum Gasteiger partial charge on any atom is 0.135 e. The van der Waals surface area contributed by atoms with Gasteiger partial charge in [-0.25, -0.2) is 8.78 Å². The van der Waals surface area contributed by atoms with E-state index in [4.69, 9.17) is 11.0 Å². The second-order valence-corrected chi connectivity index (χ2v) is 3.62. The second-order valence-electron chi connectivity index (χ2n) is 3.62. The molecule has 0 aliphatic carbocycles. The average molecular weight is 233 g/mol. The van der Waals surface area contributed by atoms with Crippen molar-refractivity contribution in [2.45, 2.75) is 6.92 Å². The molecule has 0 atom stereocenters. The van der Waals surface area contributed by atoms with Gasteiger partial charge in [0, 0.05) is 0 Å². The van der Waals surface area contributed by atoms with Gasteiger partial charge in [-0.3, -0.25) is 0 Å². The Morgan fingerprint density at radius 1 is 1.29 bits per heavy atom. The van der Waals surface area contributed by atoms with E-state index < -0.39 is 11.6 Å². The fraction of sp³-hybridized carbons (Fsp3) is 0.0833. The van der Waals surface area contributed by atoms with Gasteiger partial charge in [-0.2, -0.15) is 5.26 Å². The summed E-state index contributed by atoms with van der Waals surface area (Å²) in [6.07, 6.45) is 0. The van der Waals surface area contributed by atoms with Gasteiger partial charge in [-0.05, 0) is 24.6 Å². The summed E-state index contributed by atoms with van der Waals surface area (Å²) in [4.78, 5) is 2.64. The van der Waals surface area contributed by atoms with Crippen LogP contribution in [0.5, 0.6) is 0 Å². The number of nitrogens with one attached hydrogen (secondary N) is 1. The Morgan fingerprint density at radius 3 is 2.35 bits per heavy atom. The number of hydrogen-bond acceptors (Lipinski definition) is 2. The molecule has 0 saturated carbocycles. The number of nitriles is 1. The fourth-order valence-electron chi connectivity index (χ4n) is 1.75. The Morgan fingerprint density at radius 2 is 1.88 bits per heavy atom. The van der Waals surface area contributed by atoms with Crippen molar-refractivity contribution in [1.82, 2.24) is 4.98 Å². The lowest BCUT2D eigenvalue weighted by molar-refractivity contribution is 0.588. The number of hydrogen-bond donors (Lipinski definition) is 2. The smallest absolute Gasteiger partial charge is 0.135 e. The first-order chi connectivity index (χ1) is 8.06. The number of nitrogens with two attached hydrogens (primary N) is 1. The number of rotatable bonds is 1. The quantitative estimate of drug-likeness (QED) is 0.795. The van der Waals surface area contributed by atoms with Gasteiger partial charge < -0.3 is 10.7 Å². The molecule has 0 aliphatic heterocycles. The lowest BCUT2D eigenvalue weighted by Crippen LogP contribution is -1.92. The van der Waals surface area contributed by atoms with Gasteiger partial charge in [0.1, 0.15) is 23.5 Å². The number of H-pyrrole nitrogens is 1. The molecule has 3 nitrogen and oxygen atoms in total. The van der Waals surface area contributed by atoms with E-state index in [1.807, 2.05) is 6.07 Å². The molecule has 17 heavy (non-hydrogen) atoms. The molecule has 0 saturated heterocycles. The molecule has 3 N–H and O–H groups in total. The molecular formula is C12H9F2N3. The predicted molar refractivity (Wildman–Crippen MR) is 60.0 cm³/mol. The van der Waals surface area contributed by atoms with Crippen molar-refractivity contribution >= 4 is 5.82 Å². The third kappa shape index (κ3) is 1.64. The number of halogens is 2. The van der Waals surface area contributed by atoms with Crippen LogP contribution in [-0.4, -0.2) is 4.98 Å². The molecule has 0 unspecified atom stereocenters. The SMILES string of the molecule is Cc1c(-c2c(F)cccc2F)[nH]c(N)c1C#N. The van der Waals surface area contributed by atoms with Crippen LogP contribution in [0.4, 0.5) is 14.6 Å². The maximum absolute atomic E-state index is 13.6. The van der Waals surface area contributed by atoms with Gasteiger partial charge in [-0.1, -0.05) is 6.07 Å². The molecule has 86 valence electrons. The Hall–Kier alpha value is -2.35. The Kier molecular flexibility index (Phi) is 2.56. The summed E-state index contributed by atoms with van der Waals surface area (Å²) in [6, 6.07) is 5.48.